The SMILES string of the molecule is C[C@H]1CC(c2ccc(F)cc2)=CC[C@H]1C(=O)O. The normalized spacial score (nSPS) is 24.2. The minimum absolute atomic E-state index is 0.123. The van der Waals surface area contributed by atoms with Crippen molar-refractivity contribution in [3.8, 4) is 0 Å². The Balaban J connectivity index is 2.19. The molecule has 0 aromatic heterocycles. The summed E-state index contributed by atoms with van der Waals surface area (Å²) in [6.07, 6.45) is 3.26. The average Bonchev–Trinajstić information content (AvgIpc) is 2.29. The Morgan fingerprint density at radius 3 is 2.53 bits per heavy atom. The Kier molecular flexibility index (Phi) is 3.27. The van der Waals surface area contributed by atoms with Crippen molar-refractivity contribution in [2.24, 2.45) is 11.8 Å². The third kappa shape index (κ3) is 2.54. The van der Waals surface area contributed by atoms with E-state index in [9.17, 15) is 9.18 Å². The number of hydrogen-bond donors (Lipinski definition) is 1. The topological polar surface area (TPSA) is 37.3 Å². The maximum Gasteiger partial charge on any atom is 0.307 e. The second-order valence-electron chi connectivity index (χ2n) is 4.60. The molecule has 3 heteroatoms. The summed E-state index contributed by atoms with van der Waals surface area (Å²) >= 11 is 0. The van der Waals surface area contributed by atoms with Crippen LogP contribution >= 0.6 is 0 Å². The van der Waals surface area contributed by atoms with Crippen LogP contribution in [0.4, 0.5) is 4.39 Å². The number of aliphatic carboxylic acids is 1. The highest BCUT2D eigenvalue weighted by Gasteiger charge is 2.28. The maximum absolute atomic E-state index is 12.8. The van der Waals surface area contributed by atoms with Crippen LogP contribution in [0.15, 0.2) is 30.3 Å². The van der Waals surface area contributed by atoms with Crippen LogP contribution < -0.4 is 0 Å². The molecule has 17 heavy (non-hydrogen) atoms. The molecule has 0 radical (unpaired) electrons. The highest BCUT2D eigenvalue weighted by atomic mass is 19.1. The van der Waals surface area contributed by atoms with Gasteiger partial charge in [-0.15, -0.1) is 0 Å². The fourth-order valence-corrected chi connectivity index (χ4v) is 2.32. The molecule has 0 unspecified atom stereocenters. The molecule has 2 nitrogen and oxygen atoms in total. The lowest BCUT2D eigenvalue weighted by molar-refractivity contribution is -0.143. The van der Waals surface area contributed by atoms with Gasteiger partial charge in [0, 0.05) is 0 Å². The van der Waals surface area contributed by atoms with Crippen LogP contribution in [0.25, 0.3) is 5.57 Å². The Hall–Kier alpha value is -1.64. The lowest BCUT2D eigenvalue weighted by Gasteiger charge is -2.25. The molecule has 0 spiro atoms. The van der Waals surface area contributed by atoms with Crippen LogP contribution in [-0.4, -0.2) is 11.1 Å². The van der Waals surface area contributed by atoms with Gasteiger partial charge in [-0.05, 0) is 42.0 Å². The molecule has 0 saturated heterocycles. The fraction of sp³-hybridized carbons (Fsp3) is 0.357. The quantitative estimate of drug-likeness (QED) is 0.852. The number of rotatable bonds is 2. The maximum atomic E-state index is 12.8. The smallest absolute Gasteiger partial charge is 0.307 e. The zero-order valence-corrected chi connectivity index (χ0v) is 9.69. The van der Waals surface area contributed by atoms with E-state index in [-0.39, 0.29) is 17.7 Å². The van der Waals surface area contributed by atoms with Gasteiger partial charge in [-0.1, -0.05) is 25.1 Å². The average molecular weight is 234 g/mol. The van der Waals surface area contributed by atoms with Crippen molar-refractivity contribution in [2.45, 2.75) is 19.8 Å². The van der Waals surface area contributed by atoms with E-state index in [1.54, 1.807) is 12.1 Å². The van der Waals surface area contributed by atoms with Crippen molar-refractivity contribution in [3.05, 3.63) is 41.7 Å². The first-order valence-corrected chi connectivity index (χ1v) is 5.75. The molecule has 2 rings (SSSR count). The first-order chi connectivity index (χ1) is 8.08. The van der Waals surface area contributed by atoms with E-state index in [0.717, 1.165) is 17.6 Å². The second kappa shape index (κ2) is 4.70. The number of allylic oxidation sites excluding steroid dienone is 2. The summed E-state index contributed by atoms with van der Waals surface area (Å²) < 4.78 is 12.8. The van der Waals surface area contributed by atoms with Gasteiger partial charge in [-0.2, -0.15) is 0 Å². The van der Waals surface area contributed by atoms with Crippen LogP contribution in [0.2, 0.25) is 0 Å². The van der Waals surface area contributed by atoms with Gasteiger partial charge < -0.3 is 5.11 Å². The highest BCUT2D eigenvalue weighted by Crippen LogP contribution is 2.34. The standard InChI is InChI=1S/C14H15FO2/c1-9-8-11(4-7-13(9)14(16)17)10-2-5-12(15)6-3-10/h2-6,9,13H,7-8H2,1H3,(H,16,17)/t9-,13+/m0/s1. The largest absolute Gasteiger partial charge is 0.481 e. The van der Waals surface area contributed by atoms with Crippen molar-refractivity contribution in [3.63, 3.8) is 0 Å². The number of halogens is 1. The summed E-state index contributed by atoms with van der Waals surface area (Å²) in [6.45, 7) is 1.95. The van der Waals surface area contributed by atoms with Gasteiger partial charge in [0.25, 0.3) is 0 Å². The molecule has 2 atom stereocenters. The van der Waals surface area contributed by atoms with Crippen molar-refractivity contribution < 1.29 is 14.3 Å². The molecule has 0 bridgehead atoms. The fourth-order valence-electron chi connectivity index (χ4n) is 2.32. The molecule has 1 aliphatic carbocycles. The number of hydrogen-bond acceptors (Lipinski definition) is 1. The molecule has 1 aliphatic rings. The summed E-state index contributed by atoms with van der Waals surface area (Å²) in [4.78, 5) is 11.0. The summed E-state index contributed by atoms with van der Waals surface area (Å²) in [7, 11) is 0. The molecular weight excluding hydrogens is 219 g/mol. The molecule has 0 amide bonds. The molecule has 0 saturated carbocycles. The first-order valence-electron chi connectivity index (χ1n) is 5.75. The third-order valence-electron chi connectivity index (χ3n) is 3.38. The predicted molar refractivity (Wildman–Crippen MR) is 63.9 cm³/mol. The van der Waals surface area contributed by atoms with E-state index >= 15 is 0 Å². The lowest BCUT2D eigenvalue weighted by atomic mass is 9.79. The summed E-state index contributed by atoms with van der Waals surface area (Å²) in [5.41, 5.74) is 2.11. The molecule has 0 aliphatic heterocycles. The van der Waals surface area contributed by atoms with Gasteiger partial charge in [0.05, 0.1) is 5.92 Å². The minimum Gasteiger partial charge on any atom is -0.481 e. The van der Waals surface area contributed by atoms with Crippen molar-refractivity contribution in [1.29, 1.82) is 0 Å². The van der Waals surface area contributed by atoms with Gasteiger partial charge in [0.1, 0.15) is 5.82 Å². The van der Waals surface area contributed by atoms with Crippen molar-refractivity contribution >= 4 is 11.5 Å². The van der Waals surface area contributed by atoms with Gasteiger partial charge in [0.2, 0.25) is 0 Å². The van der Waals surface area contributed by atoms with Crippen LogP contribution in [0, 0.1) is 17.7 Å². The Morgan fingerprint density at radius 2 is 2.00 bits per heavy atom. The second-order valence-corrected chi connectivity index (χ2v) is 4.60. The zero-order chi connectivity index (χ0) is 12.4. The predicted octanol–water partition coefficient (Wildman–Crippen LogP) is 3.34. The van der Waals surface area contributed by atoms with E-state index in [0.29, 0.717) is 6.42 Å². The van der Waals surface area contributed by atoms with Crippen LogP contribution in [-0.2, 0) is 4.79 Å². The summed E-state index contributed by atoms with van der Waals surface area (Å²) in [5, 5.41) is 9.02. The van der Waals surface area contributed by atoms with E-state index in [1.165, 1.54) is 12.1 Å². The van der Waals surface area contributed by atoms with Crippen LogP contribution in [0.3, 0.4) is 0 Å². The first kappa shape index (κ1) is 11.8. The molecule has 0 fully saturated rings. The molecular formula is C14H15FO2. The van der Waals surface area contributed by atoms with E-state index < -0.39 is 5.97 Å². The molecule has 0 heterocycles. The number of carbonyl (C=O) groups is 1. The summed E-state index contributed by atoms with van der Waals surface area (Å²) in [6, 6.07) is 6.36. The van der Waals surface area contributed by atoms with E-state index in [1.807, 2.05) is 13.0 Å². The summed E-state index contributed by atoms with van der Waals surface area (Å²) in [5.74, 6) is -1.15. The molecule has 90 valence electrons. The van der Waals surface area contributed by atoms with Gasteiger partial charge in [-0.25, -0.2) is 4.39 Å². The van der Waals surface area contributed by atoms with Crippen molar-refractivity contribution in [2.75, 3.05) is 0 Å². The van der Waals surface area contributed by atoms with E-state index in [4.69, 9.17) is 5.11 Å². The van der Waals surface area contributed by atoms with Crippen LogP contribution in [0.5, 0.6) is 0 Å². The number of benzene rings is 1. The minimum atomic E-state index is -0.730. The lowest BCUT2D eigenvalue weighted by Crippen LogP contribution is -2.24. The van der Waals surface area contributed by atoms with Gasteiger partial charge >= 0.3 is 5.97 Å². The van der Waals surface area contributed by atoms with Crippen molar-refractivity contribution in [1.82, 2.24) is 0 Å². The molecule has 1 aromatic rings. The van der Waals surface area contributed by atoms with E-state index in [2.05, 4.69) is 0 Å². The Bertz CT molecular complexity index is 448. The van der Waals surface area contributed by atoms with Gasteiger partial charge in [-0.3, -0.25) is 4.79 Å². The van der Waals surface area contributed by atoms with Gasteiger partial charge in [0.15, 0.2) is 0 Å². The number of carboxylic acid groups (broad SMARTS) is 1. The highest BCUT2D eigenvalue weighted by molar-refractivity contribution is 5.74. The number of carboxylic acids is 1. The zero-order valence-electron chi connectivity index (χ0n) is 9.69. The monoisotopic (exact) mass is 234 g/mol. The Labute approximate surface area is 99.8 Å². The van der Waals surface area contributed by atoms with Crippen LogP contribution in [0.1, 0.15) is 25.3 Å². The molecule has 1 N–H and O–H groups in total. The molecule has 1 aromatic carbocycles. The Morgan fingerprint density at radius 1 is 1.35 bits per heavy atom. The third-order valence-corrected chi connectivity index (χ3v) is 3.38.